The van der Waals surface area contributed by atoms with Gasteiger partial charge >= 0.3 is 6.03 Å². The van der Waals surface area contributed by atoms with Crippen molar-refractivity contribution >= 4 is 22.5 Å². The molecule has 1 aliphatic heterocycles. The fraction of sp³-hybridized carbons (Fsp3) is 0.150. The average molecular weight is 334 g/mol. The summed E-state index contributed by atoms with van der Waals surface area (Å²) in [6.45, 7) is 2.17. The molecule has 0 aromatic heterocycles. The van der Waals surface area contributed by atoms with E-state index < -0.39 is 0 Å². The first-order valence-corrected chi connectivity index (χ1v) is 8.15. The number of amides is 2. The van der Waals surface area contributed by atoms with E-state index in [-0.39, 0.29) is 18.9 Å². The van der Waals surface area contributed by atoms with Crippen molar-refractivity contribution in [3.63, 3.8) is 0 Å². The Morgan fingerprint density at radius 2 is 1.80 bits per heavy atom. The summed E-state index contributed by atoms with van der Waals surface area (Å²) in [7, 11) is 0. The highest BCUT2D eigenvalue weighted by Gasteiger charge is 2.17. The molecule has 0 fully saturated rings. The molecule has 2 amide bonds. The van der Waals surface area contributed by atoms with Gasteiger partial charge in [0, 0.05) is 5.39 Å². The lowest BCUT2D eigenvalue weighted by Crippen LogP contribution is -2.31. The van der Waals surface area contributed by atoms with Gasteiger partial charge in [0.2, 0.25) is 6.79 Å². The molecule has 0 saturated heterocycles. The summed E-state index contributed by atoms with van der Waals surface area (Å²) in [5.74, 6) is 1.44. The zero-order valence-electron chi connectivity index (χ0n) is 13.8. The van der Waals surface area contributed by atoms with Crippen molar-refractivity contribution < 1.29 is 14.3 Å². The molecule has 4 rings (SSSR count). The summed E-state index contributed by atoms with van der Waals surface area (Å²) in [5, 5.41) is 7.98. The second-order valence-corrected chi connectivity index (χ2v) is 5.96. The average Bonchev–Trinajstić information content (AvgIpc) is 3.09. The van der Waals surface area contributed by atoms with Crippen LogP contribution in [0.15, 0.2) is 60.7 Å². The first kappa shape index (κ1) is 15.3. The number of fused-ring (bicyclic) bond motifs is 2. The number of carbonyl (C=O) groups is 1. The summed E-state index contributed by atoms with van der Waals surface area (Å²) >= 11 is 0. The highest BCUT2D eigenvalue weighted by molar-refractivity contribution is 6.01. The highest BCUT2D eigenvalue weighted by Crippen LogP contribution is 2.34. The van der Waals surface area contributed by atoms with Gasteiger partial charge in [-0.15, -0.1) is 0 Å². The maximum atomic E-state index is 12.4. The molecule has 0 aliphatic carbocycles. The molecule has 1 atom stereocenters. The molecule has 0 spiro atoms. The molecular weight excluding hydrogens is 316 g/mol. The summed E-state index contributed by atoms with van der Waals surface area (Å²) in [4.78, 5) is 12.4. The quantitative estimate of drug-likeness (QED) is 0.744. The topological polar surface area (TPSA) is 59.6 Å². The molecular formula is C20H18N2O3. The van der Waals surface area contributed by atoms with E-state index in [9.17, 15) is 4.79 Å². The van der Waals surface area contributed by atoms with Crippen LogP contribution in [0.25, 0.3) is 10.8 Å². The normalized spacial score (nSPS) is 13.5. The summed E-state index contributed by atoms with van der Waals surface area (Å²) < 4.78 is 10.7. The maximum Gasteiger partial charge on any atom is 0.319 e. The third kappa shape index (κ3) is 3.08. The Balaban J connectivity index is 1.48. The number of ether oxygens (including phenoxy) is 2. The van der Waals surface area contributed by atoms with Gasteiger partial charge in [0.1, 0.15) is 0 Å². The van der Waals surface area contributed by atoms with Crippen LogP contribution >= 0.6 is 0 Å². The summed E-state index contributed by atoms with van der Waals surface area (Å²) in [6.07, 6.45) is 0. The van der Waals surface area contributed by atoms with Gasteiger partial charge in [-0.25, -0.2) is 4.79 Å². The van der Waals surface area contributed by atoms with Gasteiger partial charge in [-0.1, -0.05) is 42.5 Å². The van der Waals surface area contributed by atoms with Crippen molar-refractivity contribution in [2.45, 2.75) is 13.0 Å². The Morgan fingerprint density at radius 3 is 2.72 bits per heavy atom. The molecule has 3 aromatic rings. The van der Waals surface area contributed by atoms with E-state index in [0.29, 0.717) is 5.75 Å². The van der Waals surface area contributed by atoms with Crippen molar-refractivity contribution in [3.05, 3.63) is 66.2 Å². The Labute approximate surface area is 145 Å². The van der Waals surface area contributed by atoms with Gasteiger partial charge in [0.25, 0.3) is 0 Å². The Hall–Kier alpha value is -3.21. The number of urea groups is 1. The van der Waals surface area contributed by atoms with Crippen LogP contribution in [0.1, 0.15) is 18.5 Å². The molecule has 0 saturated carbocycles. The first-order valence-electron chi connectivity index (χ1n) is 8.15. The first-order chi connectivity index (χ1) is 12.2. The van der Waals surface area contributed by atoms with Crippen LogP contribution < -0.4 is 20.1 Å². The van der Waals surface area contributed by atoms with Crippen LogP contribution in [-0.4, -0.2) is 12.8 Å². The minimum absolute atomic E-state index is 0.163. The third-order valence-corrected chi connectivity index (χ3v) is 4.28. The highest BCUT2D eigenvalue weighted by atomic mass is 16.7. The molecule has 1 unspecified atom stereocenters. The largest absolute Gasteiger partial charge is 0.454 e. The molecule has 1 heterocycles. The smallest absolute Gasteiger partial charge is 0.319 e. The predicted octanol–water partition coefficient (Wildman–Crippen LogP) is 4.45. The van der Waals surface area contributed by atoms with Crippen LogP contribution in [0, 0.1) is 0 Å². The lowest BCUT2D eigenvalue weighted by Gasteiger charge is -2.16. The summed E-state index contributed by atoms with van der Waals surface area (Å²) in [6, 6.07) is 19.1. The molecule has 3 aromatic carbocycles. The lowest BCUT2D eigenvalue weighted by molar-refractivity contribution is 0.174. The molecule has 2 N–H and O–H groups in total. The van der Waals surface area contributed by atoms with Gasteiger partial charge in [0.15, 0.2) is 11.5 Å². The van der Waals surface area contributed by atoms with Gasteiger partial charge in [-0.2, -0.15) is 0 Å². The fourth-order valence-corrected chi connectivity index (χ4v) is 2.96. The maximum absolute atomic E-state index is 12.4. The van der Waals surface area contributed by atoms with Crippen molar-refractivity contribution in [1.29, 1.82) is 0 Å². The fourth-order valence-electron chi connectivity index (χ4n) is 2.96. The van der Waals surface area contributed by atoms with Crippen molar-refractivity contribution in [1.82, 2.24) is 5.32 Å². The SMILES string of the molecule is CC(NC(=O)Nc1cccc2ccccc12)c1ccc2c(c1)OCO2. The number of hydrogen-bond acceptors (Lipinski definition) is 3. The second-order valence-electron chi connectivity index (χ2n) is 5.96. The number of hydrogen-bond donors (Lipinski definition) is 2. The zero-order chi connectivity index (χ0) is 17.2. The van der Waals surface area contributed by atoms with Crippen LogP contribution in [0.5, 0.6) is 11.5 Å². The van der Waals surface area contributed by atoms with Gasteiger partial charge in [-0.3, -0.25) is 0 Å². The molecule has 25 heavy (non-hydrogen) atoms. The molecule has 0 bridgehead atoms. The lowest BCUT2D eigenvalue weighted by atomic mass is 10.1. The Morgan fingerprint density at radius 1 is 1.00 bits per heavy atom. The Bertz CT molecular complexity index is 934. The monoisotopic (exact) mass is 334 g/mol. The van der Waals surface area contributed by atoms with Crippen LogP contribution in [0.3, 0.4) is 0 Å². The summed E-state index contributed by atoms with van der Waals surface area (Å²) in [5.41, 5.74) is 1.74. The number of rotatable bonds is 3. The van der Waals surface area contributed by atoms with E-state index in [2.05, 4.69) is 10.6 Å². The van der Waals surface area contributed by atoms with Crippen molar-refractivity contribution in [3.8, 4) is 11.5 Å². The standard InChI is InChI=1S/C20H18N2O3/c1-13(15-9-10-18-19(11-15)25-12-24-18)21-20(23)22-17-8-4-6-14-5-2-3-7-16(14)17/h2-11,13H,12H2,1H3,(H2,21,22,23). The van der Waals surface area contributed by atoms with Crippen LogP contribution in [-0.2, 0) is 0 Å². The van der Waals surface area contributed by atoms with Gasteiger partial charge < -0.3 is 20.1 Å². The van der Waals surface area contributed by atoms with E-state index in [4.69, 9.17) is 9.47 Å². The molecule has 126 valence electrons. The molecule has 5 nitrogen and oxygen atoms in total. The van der Waals surface area contributed by atoms with Crippen molar-refractivity contribution in [2.24, 2.45) is 0 Å². The minimum Gasteiger partial charge on any atom is -0.454 e. The van der Waals surface area contributed by atoms with Crippen molar-refractivity contribution in [2.75, 3.05) is 12.1 Å². The number of anilines is 1. The number of benzene rings is 3. The van der Waals surface area contributed by atoms with Gasteiger partial charge in [0.05, 0.1) is 11.7 Å². The number of carbonyl (C=O) groups excluding carboxylic acids is 1. The van der Waals surface area contributed by atoms with E-state index in [1.165, 1.54) is 0 Å². The third-order valence-electron chi connectivity index (χ3n) is 4.28. The number of nitrogens with one attached hydrogen (secondary N) is 2. The van der Waals surface area contributed by atoms with E-state index in [1.54, 1.807) is 0 Å². The minimum atomic E-state index is -0.249. The van der Waals surface area contributed by atoms with Crippen LogP contribution in [0.4, 0.5) is 10.5 Å². The van der Waals surface area contributed by atoms with Gasteiger partial charge in [-0.05, 0) is 36.1 Å². The van der Waals surface area contributed by atoms with Crippen LogP contribution in [0.2, 0.25) is 0 Å². The molecule has 0 radical (unpaired) electrons. The molecule has 5 heteroatoms. The zero-order valence-corrected chi connectivity index (χ0v) is 13.8. The predicted molar refractivity (Wildman–Crippen MR) is 97.1 cm³/mol. The molecule has 1 aliphatic rings. The second kappa shape index (κ2) is 6.36. The van der Waals surface area contributed by atoms with E-state index in [1.807, 2.05) is 67.6 Å². The van der Waals surface area contributed by atoms with E-state index in [0.717, 1.165) is 27.8 Å². The Kier molecular flexibility index (Phi) is 3.90. The van der Waals surface area contributed by atoms with E-state index >= 15 is 0 Å².